The van der Waals surface area contributed by atoms with Crippen molar-refractivity contribution < 1.29 is 4.79 Å². The number of terminal acetylenes is 1. The normalized spacial score (nSPS) is 20.8. The van der Waals surface area contributed by atoms with Crippen LogP contribution in [0.4, 0.5) is 5.95 Å². The van der Waals surface area contributed by atoms with Crippen molar-refractivity contribution in [1.82, 2.24) is 25.1 Å². The number of carbonyl (C=O) groups excluding carboxylic acids is 1. The molecule has 2 aromatic rings. The molecule has 2 aliphatic carbocycles. The van der Waals surface area contributed by atoms with E-state index < -0.39 is 0 Å². The average Bonchev–Trinajstić information content (AvgIpc) is 3.52. The zero-order chi connectivity index (χ0) is 21.8. The van der Waals surface area contributed by atoms with Gasteiger partial charge in [-0.15, -0.1) is 12.3 Å². The third-order valence-corrected chi connectivity index (χ3v) is 6.44. The molecule has 0 bridgehead atoms. The SMILES string of the molecule is C#CCCC(=O)N[C@H]1CC[C@H](Nc2ncc(Cl)c(-c3cnn(C)c3CC3CC3)n2)CC1. The zero-order valence-corrected chi connectivity index (χ0v) is 18.7. The molecule has 1 amide bonds. The van der Waals surface area contributed by atoms with Crippen LogP contribution in [0.25, 0.3) is 11.3 Å². The van der Waals surface area contributed by atoms with Crippen molar-refractivity contribution in [3.8, 4) is 23.6 Å². The summed E-state index contributed by atoms with van der Waals surface area (Å²) in [5.74, 6) is 3.88. The number of nitrogens with one attached hydrogen (secondary N) is 2. The summed E-state index contributed by atoms with van der Waals surface area (Å²) in [6, 6.07) is 0.484. The molecule has 2 heterocycles. The molecule has 2 aromatic heterocycles. The van der Waals surface area contributed by atoms with Gasteiger partial charge in [-0.3, -0.25) is 9.48 Å². The van der Waals surface area contributed by atoms with Gasteiger partial charge >= 0.3 is 0 Å². The van der Waals surface area contributed by atoms with Gasteiger partial charge in [0.2, 0.25) is 11.9 Å². The lowest BCUT2D eigenvalue weighted by Gasteiger charge is -2.29. The smallest absolute Gasteiger partial charge is 0.223 e. The molecule has 8 heteroatoms. The van der Waals surface area contributed by atoms with E-state index in [9.17, 15) is 4.79 Å². The number of halogens is 1. The molecule has 0 unspecified atom stereocenters. The summed E-state index contributed by atoms with van der Waals surface area (Å²) in [7, 11) is 1.97. The van der Waals surface area contributed by atoms with Crippen LogP contribution in [0.15, 0.2) is 12.4 Å². The highest BCUT2D eigenvalue weighted by Crippen LogP contribution is 2.37. The van der Waals surface area contributed by atoms with E-state index >= 15 is 0 Å². The van der Waals surface area contributed by atoms with Gasteiger partial charge < -0.3 is 10.6 Å². The average molecular weight is 441 g/mol. The maximum absolute atomic E-state index is 11.9. The highest BCUT2D eigenvalue weighted by molar-refractivity contribution is 6.32. The number of amides is 1. The van der Waals surface area contributed by atoms with Crippen molar-refractivity contribution in [2.24, 2.45) is 13.0 Å². The molecule has 31 heavy (non-hydrogen) atoms. The maximum atomic E-state index is 11.9. The number of aryl methyl sites for hydroxylation is 1. The number of nitrogens with zero attached hydrogens (tertiary/aromatic N) is 4. The number of aromatic nitrogens is 4. The van der Waals surface area contributed by atoms with Gasteiger partial charge in [-0.2, -0.15) is 5.10 Å². The van der Waals surface area contributed by atoms with E-state index in [-0.39, 0.29) is 18.0 Å². The Labute approximate surface area is 188 Å². The highest BCUT2D eigenvalue weighted by Gasteiger charge is 2.27. The van der Waals surface area contributed by atoms with E-state index in [0.29, 0.717) is 23.8 Å². The molecule has 2 aliphatic rings. The molecule has 4 rings (SSSR count). The van der Waals surface area contributed by atoms with Crippen LogP contribution in [0, 0.1) is 18.3 Å². The minimum absolute atomic E-state index is 0.0403. The number of carbonyl (C=O) groups is 1. The van der Waals surface area contributed by atoms with Crippen molar-refractivity contribution >= 4 is 23.5 Å². The van der Waals surface area contributed by atoms with Gasteiger partial charge in [-0.05, 0) is 50.9 Å². The Balaban J connectivity index is 1.38. The summed E-state index contributed by atoms with van der Waals surface area (Å²) >= 11 is 6.47. The second kappa shape index (κ2) is 9.69. The fourth-order valence-corrected chi connectivity index (χ4v) is 4.37. The van der Waals surface area contributed by atoms with Crippen LogP contribution >= 0.6 is 11.6 Å². The van der Waals surface area contributed by atoms with Gasteiger partial charge in [0.05, 0.1) is 23.1 Å². The standard InChI is InChI=1S/C23H29ClN6O/c1-3-4-5-21(31)27-16-8-10-17(11-9-16)28-23-25-14-19(24)22(29-23)18-13-26-30(2)20(18)12-15-6-7-15/h1,13-17H,4-12H2,2H3,(H,27,31)(H,25,28,29)/t16-,17-. The van der Waals surface area contributed by atoms with E-state index in [1.54, 1.807) is 6.20 Å². The van der Waals surface area contributed by atoms with Crippen molar-refractivity contribution in [1.29, 1.82) is 0 Å². The zero-order valence-electron chi connectivity index (χ0n) is 17.9. The topological polar surface area (TPSA) is 84.7 Å². The maximum Gasteiger partial charge on any atom is 0.223 e. The molecule has 2 fully saturated rings. The van der Waals surface area contributed by atoms with Gasteiger partial charge in [0.1, 0.15) is 0 Å². The predicted molar refractivity (Wildman–Crippen MR) is 122 cm³/mol. The van der Waals surface area contributed by atoms with Crippen LogP contribution in [0.2, 0.25) is 5.02 Å². The molecule has 2 N–H and O–H groups in total. The minimum Gasteiger partial charge on any atom is -0.353 e. The second-order valence-electron chi connectivity index (χ2n) is 8.63. The Bertz CT molecular complexity index is 969. The Morgan fingerprint density at radius 2 is 1.97 bits per heavy atom. The predicted octanol–water partition coefficient (Wildman–Crippen LogP) is 3.74. The minimum atomic E-state index is 0.0403. The van der Waals surface area contributed by atoms with Crippen molar-refractivity contribution in [3.05, 3.63) is 23.1 Å². The molecule has 164 valence electrons. The van der Waals surface area contributed by atoms with E-state index in [1.807, 2.05) is 17.9 Å². The van der Waals surface area contributed by atoms with E-state index in [1.165, 1.54) is 18.5 Å². The Hall–Kier alpha value is -2.59. The van der Waals surface area contributed by atoms with E-state index in [2.05, 4.69) is 26.6 Å². The molecule has 2 saturated carbocycles. The largest absolute Gasteiger partial charge is 0.353 e. The van der Waals surface area contributed by atoms with Gasteiger partial charge in [0.15, 0.2) is 0 Å². The Kier molecular flexibility index (Phi) is 6.77. The van der Waals surface area contributed by atoms with Gasteiger partial charge in [-0.1, -0.05) is 11.6 Å². The molecule has 0 aliphatic heterocycles. The third-order valence-electron chi connectivity index (χ3n) is 6.16. The van der Waals surface area contributed by atoms with Gasteiger partial charge in [-0.25, -0.2) is 9.97 Å². The molecule has 0 saturated heterocycles. The summed E-state index contributed by atoms with van der Waals surface area (Å²) in [6.45, 7) is 0. The molecule has 7 nitrogen and oxygen atoms in total. The van der Waals surface area contributed by atoms with Crippen LogP contribution in [-0.2, 0) is 18.3 Å². The van der Waals surface area contributed by atoms with E-state index in [4.69, 9.17) is 23.0 Å². The van der Waals surface area contributed by atoms with Gasteiger partial charge in [0.25, 0.3) is 0 Å². The van der Waals surface area contributed by atoms with Gasteiger partial charge in [0, 0.05) is 43.2 Å². The second-order valence-corrected chi connectivity index (χ2v) is 9.04. The van der Waals surface area contributed by atoms with Crippen molar-refractivity contribution in [2.45, 2.75) is 69.9 Å². The first-order chi connectivity index (χ1) is 15.0. The van der Waals surface area contributed by atoms with Crippen LogP contribution in [0.3, 0.4) is 0 Å². The first-order valence-electron chi connectivity index (χ1n) is 11.1. The molecule has 0 radical (unpaired) electrons. The van der Waals surface area contributed by atoms with Crippen molar-refractivity contribution in [2.75, 3.05) is 5.32 Å². The highest BCUT2D eigenvalue weighted by atomic mass is 35.5. The Morgan fingerprint density at radius 1 is 1.23 bits per heavy atom. The third kappa shape index (κ3) is 5.56. The number of hydrogen-bond acceptors (Lipinski definition) is 5. The lowest BCUT2D eigenvalue weighted by Crippen LogP contribution is -2.40. The first kappa shape index (κ1) is 21.6. The lowest BCUT2D eigenvalue weighted by atomic mass is 9.91. The molecule has 0 aromatic carbocycles. The first-order valence-corrected chi connectivity index (χ1v) is 11.4. The van der Waals surface area contributed by atoms with Crippen LogP contribution in [0.5, 0.6) is 0 Å². The fraction of sp³-hybridized carbons (Fsp3) is 0.565. The summed E-state index contributed by atoms with van der Waals surface area (Å²) in [5, 5.41) is 11.5. The Morgan fingerprint density at radius 3 is 2.68 bits per heavy atom. The fourth-order valence-electron chi connectivity index (χ4n) is 4.17. The molecular formula is C23H29ClN6O. The van der Waals surface area contributed by atoms with Crippen LogP contribution < -0.4 is 10.6 Å². The van der Waals surface area contributed by atoms with Crippen LogP contribution in [0.1, 0.15) is 57.1 Å². The lowest BCUT2D eigenvalue weighted by molar-refractivity contribution is -0.121. The number of anilines is 1. The molecule has 0 atom stereocenters. The number of hydrogen-bond donors (Lipinski definition) is 2. The summed E-state index contributed by atoms with van der Waals surface area (Å²) in [5.41, 5.74) is 2.90. The number of rotatable bonds is 8. The molecule has 0 spiro atoms. The monoisotopic (exact) mass is 440 g/mol. The molecular weight excluding hydrogens is 412 g/mol. The summed E-state index contributed by atoms with van der Waals surface area (Å²) < 4.78 is 1.93. The quantitative estimate of drug-likeness (QED) is 0.611. The van der Waals surface area contributed by atoms with Crippen molar-refractivity contribution in [3.63, 3.8) is 0 Å². The summed E-state index contributed by atoms with van der Waals surface area (Å²) in [6.07, 6.45) is 16.9. The van der Waals surface area contributed by atoms with E-state index in [0.717, 1.165) is 49.3 Å². The van der Waals surface area contributed by atoms with Crippen LogP contribution in [-0.4, -0.2) is 37.7 Å². The summed E-state index contributed by atoms with van der Waals surface area (Å²) in [4.78, 5) is 21.0.